The van der Waals surface area contributed by atoms with E-state index in [1.165, 1.54) is 24.0 Å². The highest BCUT2D eigenvalue weighted by Crippen LogP contribution is 2.17. The van der Waals surface area contributed by atoms with E-state index in [9.17, 15) is 9.90 Å². The average molecular weight is 346 g/mol. The molecule has 0 aliphatic rings. The van der Waals surface area contributed by atoms with Gasteiger partial charge in [0, 0.05) is 17.3 Å². The number of amides is 1. The van der Waals surface area contributed by atoms with E-state index in [4.69, 9.17) is 4.74 Å². The molecule has 7 nitrogen and oxygen atoms in total. The molecule has 0 aliphatic heterocycles. The van der Waals surface area contributed by atoms with Crippen molar-refractivity contribution in [2.45, 2.75) is 19.0 Å². The lowest BCUT2D eigenvalue weighted by Crippen LogP contribution is -2.25. The predicted octanol–water partition coefficient (Wildman–Crippen LogP) is 2.13. The Morgan fingerprint density at radius 1 is 1.42 bits per heavy atom. The van der Waals surface area contributed by atoms with E-state index < -0.39 is 5.91 Å². The van der Waals surface area contributed by atoms with Gasteiger partial charge >= 0.3 is 0 Å². The summed E-state index contributed by atoms with van der Waals surface area (Å²) >= 11 is 1.50. The maximum absolute atomic E-state index is 11.7. The number of para-hydroxylation sites is 1. The van der Waals surface area contributed by atoms with Crippen molar-refractivity contribution in [3.63, 3.8) is 0 Å². The van der Waals surface area contributed by atoms with Crippen LogP contribution in [0.3, 0.4) is 0 Å². The molecule has 2 rings (SSSR count). The normalized spacial score (nSPS) is 10.8. The Balaban J connectivity index is 1.86. The summed E-state index contributed by atoms with van der Waals surface area (Å²) in [6.45, 7) is 3.63. The highest BCUT2D eigenvalue weighted by atomic mass is 32.2. The van der Waals surface area contributed by atoms with Crippen LogP contribution in [-0.4, -0.2) is 39.6 Å². The molecule has 2 aromatic rings. The molecule has 1 aromatic carbocycles. The molecule has 0 unspecified atom stereocenters. The summed E-state index contributed by atoms with van der Waals surface area (Å²) in [6, 6.07) is 8.34. The van der Waals surface area contributed by atoms with Gasteiger partial charge in [-0.05, 0) is 24.8 Å². The predicted molar refractivity (Wildman–Crippen MR) is 92.5 cm³/mol. The molecular formula is C16H18N4O3S. The van der Waals surface area contributed by atoms with Crippen LogP contribution >= 0.6 is 11.8 Å². The van der Waals surface area contributed by atoms with Crippen molar-refractivity contribution in [1.82, 2.24) is 15.4 Å². The highest BCUT2D eigenvalue weighted by Gasteiger charge is 2.06. The fourth-order valence-corrected chi connectivity index (χ4v) is 2.34. The number of aromatic hydroxyl groups is 1. The van der Waals surface area contributed by atoms with Crippen molar-refractivity contribution in [2.75, 3.05) is 12.4 Å². The Hall–Kier alpha value is -2.61. The topological polar surface area (TPSA) is 96.7 Å². The number of hydrogen-bond donors (Lipinski definition) is 2. The minimum Gasteiger partial charge on any atom is -0.507 e. The summed E-state index contributed by atoms with van der Waals surface area (Å²) in [5.41, 5.74) is 3.61. The van der Waals surface area contributed by atoms with Gasteiger partial charge in [-0.15, -0.1) is 0 Å². The number of nitrogens with zero attached hydrogens (tertiary/aromatic N) is 3. The van der Waals surface area contributed by atoms with Gasteiger partial charge in [0.1, 0.15) is 5.75 Å². The number of hydrogen-bond acceptors (Lipinski definition) is 7. The Labute approximate surface area is 144 Å². The smallest absolute Gasteiger partial charge is 0.278 e. The van der Waals surface area contributed by atoms with Crippen molar-refractivity contribution in [3.05, 3.63) is 41.6 Å². The van der Waals surface area contributed by atoms with Crippen LogP contribution < -0.4 is 10.2 Å². The number of rotatable bonds is 7. The van der Waals surface area contributed by atoms with Crippen LogP contribution in [-0.2, 0) is 4.79 Å². The van der Waals surface area contributed by atoms with E-state index >= 15 is 0 Å². The van der Waals surface area contributed by atoms with Crippen molar-refractivity contribution >= 4 is 23.9 Å². The molecule has 0 spiro atoms. The Bertz CT molecular complexity index is 737. The average Bonchev–Trinajstić information content (AvgIpc) is 2.55. The quantitative estimate of drug-likeness (QED) is 0.345. The van der Waals surface area contributed by atoms with Crippen LogP contribution in [0, 0.1) is 6.92 Å². The van der Waals surface area contributed by atoms with Gasteiger partial charge in [0.05, 0.1) is 6.21 Å². The summed E-state index contributed by atoms with van der Waals surface area (Å²) in [5, 5.41) is 14.0. The number of hydrazone groups is 1. The number of carbonyl (C=O) groups excluding carboxylic acids is 1. The second-order valence-corrected chi connectivity index (χ2v) is 5.93. The lowest BCUT2D eigenvalue weighted by molar-refractivity contribution is -0.123. The molecule has 24 heavy (non-hydrogen) atoms. The summed E-state index contributed by atoms with van der Waals surface area (Å²) in [6.07, 6.45) is 1.36. The molecule has 1 amide bonds. The number of ether oxygens (including phenoxy) is 1. The number of phenolic OH excluding ortho intramolecular Hbond substituents is 1. The largest absolute Gasteiger partial charge is 0.507 e. The number of phenols is 1. The Morgan fingerprint density at radius 2 is 2.21 bits per heavy atom. The molecule has 0 fully saturated rings. The molecule has 0 aliphatic carbocycles. The van der Waals surface area contributed by atoms with Crippen LogP contribution in [0.5, 0.6) is 11.6 Å². The first-order valence-corrected chi connectivity index (χ1v) is 8.28. The minimum atomic E-state index is -0.428. The zero-order valence-electron chi connectivity index (χ0n) is 13.4. The van der Waals surface area contributed by atoms with E-state index in [2.05, 4.69) is 20.5 Å². The van der Waals surface area contributed by atoms with Crippen LogP contribution in [0.2, 0.25) is 0 Å². The molecule has 2 N–H and O–H groups in total. The van der Waals surface area contributed by atoms with Gasteiger partial charge in [-0.3, -0.25) is 4.79 Å². The lowest BCUT2D eigenvalue weighted by atomic mass is 10.2. The first-order valence-electron chi connectivity index (χ1n) is 7.29. The van der Waals surface area contributed by atoms with E-state index in [-0.39, 0.29) is 12.4 Å². The van der Waals surface area contributed by atoms with Crippen molar-refractivity contribution in [1.29, 1.82) is 0 Å². The molecule has 8 heteroatoms. The minimum absolute atomic E-state index is 0.0872. The third-order valence-corrected chi connectivity index (χ3v) is 3.49. The summed E-state index contributed by atoms with van der Waals surface area (Å²) in [7, 11) is 0. The van der Waals surface area contributed by atoms with Crippen LogP contribution in [0.25, 0.3) is 0 Å². The monoisotopic (exact) mass is 346 g/mol. The van der Waals surface area contributed by atoms with E-state index in [0.29, 0.717) is 16.6 Å². The van der Waals surface area contributed by atoms with Crippen LogP contribution in [0.4, 0.5) is 0 Å². The van der Waals surface area contributed by atoms with Crippen LogP contribution in [0.1, 0.15) is 18.2 Å². The number of carbonyl (C=O) groups is 1. The molecule has 0 saturated carbocycles. The Morgan fingerprint density at radius 3 is 2.96 bits per heavy atom. The zero-order valence-corrected chi connectivity index (χ0v) is 14.2. The Kier molecular flexibility index (Phi) is 6.56. The molecule has 0 atom stereocenters. The second kappa shape index (κ2) is 8.88. The van der Waals surface area contributed by atoms with Gasteiger partial charge in [-0.2, -0.15) is 10.1 Å². The first-order chi connectivity index (χ1) is 11.6. The third-order valence-electron chi connectivity index (χ3n) is 2.76. The number of benzene rings is 1. The zero-order chi connectivity index (χ0) is 17.4. The maximum atomic E-state index is 11.7. The van der Waals surface area contributed by atoms with Crippen LogP contribution in [0.15, 0.2) is 40.6 Å². The second-order valence-electron chi connectivity index (χ2n) is 4.70. The first kappa shape index (κ1) is 17.7. The highest BCUT2D eigenvalue weighted by molar-refractivity contribution is 7.99. The van der Waals surface area contributed by atoms with Gasteiger partial charge in [0.15, 0.2) is 11.8 Å². The molecule has 0 saturated heterocycles. The van der Waals surface area contributed by atoms with Gasteiger partial charge in [-0.25, -0.2) is 10.4 Å². The molecule has 0 radical (unpaired) electrons. The molecule has 1 aromatic heterocycles. The van der Waals surface area contributed by atoms with Crippen molar-refractivity contribution in [3.8, 4) is 11.6 Å². The maximum Gasteiger partial charge on any atom is 0.278 e. The van der Waals surface area contributed by atoms with E-state index in [0.717, 1.165) is 11.4 Å². The molecular weight excluding hydrogens is 328 g/mol. The fraction of sp³-hybridized carbons (Fsp3) is 0.250. The summed E-state index contributed by atoms with van der Waals surface area (Å²) in [4.78, 5) is 20.2. The van der Waals surface area contributed by atoms with Gasteiger partial charge in [0.2, 0.25) is 5.88 Å². The fourth-order valence-electron chi connectivity index (χ4n) is 1.72. The number of nitrogens with one attached hydrogen (secondary N) is 1. The van der Waals surface area contributed by atoms with Gasteiger partial charge in [0.25, 0.3) is 5.91 Å². The van der Waals surface area contributed by atoms with Gasteiger partial charge in [-0.1, -0.05) is 30.8 Å². The van der Waals surface area contributed by atoms with Crippen molar-refractivity contribution in [2.24, 2.45) is 5.10 Å². The standard InChI is InChI=1S/C16H18N4O3S/c1-3-24-16-18-11(2)8-15(19-16)23-10-14(22)20-17-9-12-6-4-5-7-13(12)21/h4-9,21H,3,10H2,1-2H3,(H,20,22)/b17-9+. The van der Waals surface area contributed by atoms with E-state index in [1.807, 2.05) is 13.8 Å². The SMILES string of the molecule is CCSc1nc(C)cc(OCC(=O)N/N=C/c2ccccc2O)n1. The lowest BCUT2D eigenvalue weighted by Gasteiger charge is -2.06. The molecule has 126 valence electrons. The summed E-state index contributed by atoms with van der Waals surface area (Å²) < 4.78 is 5.36. The van der Waals surface area contributed by atoms with E-state index in [1.54, 1.807) is 24.3 Å². The number of aryl methyl sites for hydroxylation is 1. The number of aromatic nitrogens is 2. The number of thioether (sulfide) groups is 1. The van der Waals surface area contributed by atoms with Crippen molar-refractivity contribution < 1.29 is 14.6 Å². The molecule has 0 bridgehead atoms. The molecule has 1 heterocycles. The third kappa shape index (κ3) is 5.54. The summed E-state index contributed by atoms with van der Waals surface area (Å²) in [5.74, 6) is 0.856. The van der Waals surface area contributed by atoms with Gasteiger partial charge < -0.3 is 9.84 Å².